The molecule has 0 saturated heterocycles. The number of rotatable bonds is 3. The Morgan fingerprint density at radius 3 is 2.35 bits per heavy atom. The summed E-state index contributed by atoms with van der Waals surface area (Å²) in [4.78, 5) is 36.7. The number of hydrogen-bond donors (Lipinski definition) is 4. The lowest BCUT2D eigenvalue weighted by Crippen LogP contribution is -2.24. The number of aromatic carboxylic acids is 2. The number of hydrogen-bond acceptors (Lipinski definition) is 4. The van der Waals surface area contributed by atoms with E-state index in [0.29, 0.717) is 0 Å². The molecule has 0 fully saturated rings. The van der Waals surface area contributed by atoms with E-state index < -0.39 is 45.8 Å². The molecule has 116 valence electrons. The van der Waals surface area contributed by atoms with E-state index >= 15 is 0 Å². The monoisotopic (exact) mass is 316 g/mol. The molecule has 0 saturated carbocycles. The zero-order valence-electron chi connectivity index (χ0n) is 11.4. The molecular formula is C15H9FN2O5. The maximum absolute atomic E-state index is 13.8. The number of aromatic amines is 1. The maximum Gasteiger partial charge on any atom is 0.342 e. The summed E-state index contributed by atoms with van der Waals surface area (Å²) in [5.41, 5.74) is 1.66. The molecule has 0 aliphatic rings. The summed E-state index contributed by atoms with van der Waals surface area (Å²) < 4.78 is 13.8. The molecule has 1 heterocycles. The van der Waals surface area contributed by atoms with E-state index in [1.807, 2.05) is 10.9 Å². The zero-order valence-corrected chi connectivity index (χ0v) is 11.4. The fourth-order valence-corrected chi connectivity index (χ4v) is 2.20. The number of nitrogen functional groups attached to an aromatic ring is 1. The third kappa shape index (κ3) is 2.51. The van der Waals surface area contributed by atoms with E-state index in [1.165, 1.54) is 12.1 Å². The van der Waals surface area contributed by atoms with Gasteiger partial charge in [0.15, 0.2) is 0 Å². The fourth-order valence-electron chi connectivity index (χ4n) is 2.20. The van der Waals surface area contributed by atoms with Crippen molar-refractivity contribution in [1.29, 1.82) is 0 Å². The molecule has 8 heteroatoms. The predicted molar refractivity (Wildman–Crippen MR) is 78.7 cm³/mol. The van der Waals surface area contributed by atoms with Gasteiger partial charge in [-0.25, -0.2) is 14.0 Å². The van der Waals surface area contributed by atoms with E-state index in [9.17, 15) is 29.0 Å². The average Bonchev–Trinajstić information content (AvgIpc) is 2.45. The number of nitrogens with one attached hydrogen (secondary N) is 1. The molecule has 5 N–H and O–H groups in total. The van der Waals surface area contributed by atoms with Crippen LogP contribution in [0.5, 0.6) is 0 Å². The molecular weight excluding hydrogens is 307 g/mol. The van der Waals surface area contributed by atoms with Crippen LogP contribution < -0.4 is 11.3 Å². The Morgan fingerprint density at radius 1 is 1.22 bits per heavy atom. The van der Waals surface area contributed by atoms with Crippen LogP contribution in [-0.2, 0) is 0 Å². The summed E-state index contributed by atoms with van der Waals surface area (Å²) in [5.74, 6) is -2.70. The van der Waals surface area contributed by atoms with Crippen molar-refractivity contribution in [2.24, 2.45) is 0 Å². The fraction of sp³-hybridized carbons (Fsp3) is 0. The van der Waals surface area contributed by atoms with Gasteiger partial charge in [0.25, 0.3) is 5.56 Å². The number of aromatic nitrogens is 1. The van der Waals surface area contributed by atoms with Gasteiger partial charge in [0, 0.05) is 11.1 Å². The minimum absolute atomic E-state index is 0.222. The van der Waals surface area contributed by atoms with Crippen molar-refractivity contribution in [3.05, 3.63) is 51.1 Å². The maximum atomic E-state index is 13.8. The third-order valence-corrected chi connectivity index (χ3v) is 3.10. The molecule has 0 unspecified atom stereocenters. The number of carboxylic acids is 2. The Labute approximate surface area is 128 Å². The van der Waals surface area contributed by atoms with Gasteiger partial charge >= 0.3 is 11.9 Å². The van der Waals surface area contributed by atoms with Gasteiger partial charge < -0.3 is 20.9 Å². The molecule has 0 aliphatic heterocycles. The molecule has 0 aliphatic carbocycles. The highest BCUT2D eigenvalue weighted by atomic mass is 19.1. The van der Waals surface area contributed by atoms with Crippen LogP contribution in [0.4, 0.5) is 10.2 Å². The second kappa shape index (κ2) is 5.65. The van der Waals surface area contributed by atoms with Crippen molar-refractivity contribution in [3.8, 4) is 23.5 Å². The van der Waals surface area contributed by atoms with Crippen LogP contribution in [0, 0.1) is 18.2 Å². The lowest BCUT2D eigenvalue weighted by Gasteiger charge is -2.13. The molecule has 23 heavy (non-hydrogen) atoms. The minimum Gasteiger partial charge on any atom is -0.478 e. The number of halogens is 1. The van der Waals surface area contributed by atoms with Crippen molar-refractivity contribution in [2.45, 2.75) is 0 Å². The number of nitrogens with two attached hydrogens (primary N) is 1. The number of H-pyrrole nitrogens is 1. The summed E-state index contributed by atoms with van der Waals surface area (Å²) in [6, 6.07) is 3.45. The van der Waals surface area contributed by atoms with Gasteiger partial charge in [0.05, 0.1) is 5.56 Å². The standard InChI is InChI=1S/C15H9FN2O5/c1-2-6-7(4-3-5-8(6)16)9-10(14(20)21)12(17)18-13(19)11(9)15(22)23/h1,3-5H,(H,20,21)(H,22,23)(H3,17,18,19). The van der Waals surface area contributed by atoms with Gasteiger partial charge in [-0.3, -0.25) is 4.79 Å². The molecule has 1 aromatic carbocycles. The minimum atomic E-state index is -1.70. The van der Waals surface area contributed by atoms with Crippen LogP contribution in [0.25, 0.3) is 11.1 Å². The van der Waals surface area contributed by atoms with Crippen LogP contribution in [0.2, 0.25) is 0 Å². The van der Waals surface area contributed by atoms with Gasteiger partial charge in [-0.05, 0) is 6.07 Å². The quantitative estimate of drug-likeness (QED) is 0.627. The first-order valence-electron chi connectivity index (χ1n) is 6.07. The smallest absolute Gasteiger partial charge is 0.342 e. The van der Waals surface area contributed by atoms with Crippen molar-refractivity contribution in [3.63, 3.8) is 0 Å². The van der Waals surface area contributed by atoms with Crippen molar-refractivity contribution in [2.75, 3.05) is 5.73 Å². The third-order valence-electron chi connectivity index (χ3n) is 3.10. The van der Waals surface area contributed by atoms with Crippen LogP contribution in [-0.4, -0.2) is 27.1 Å². The molecule has 2 rings (SSSR count). The van der Waals surface area contributed by atoms with Crippen LogP contribution in [0.1, 0.15) is 26.3 Å². The molecule has 0 bridgehead atoms. The highest BCUT2D eigenvalue weighted by molar-refractivity contribution is 6.07. The lowest BCUT2D eigenvalue weighted by molar-refractivity contribution is 0.0695. The van der Waals surface area contributed by atoms with Gasteiger partial charge in [0.1, 0.15) is 22.8 Å². The highest BCUT2D eigenvalue weighted by Crippen LogP contribution is 2.32. The summed E-state index contributed by atoms with van der Waals surface area (Å²) in [6.45, 7) is 0. The summed E-state index contributed by atoms with van der Waals surface area (Å²) in [7, 11) is 0. The number of carbonyl (C=O) groups is 2. The van der Waals surface area contributed by atoms with E-state index in [2.05, 4.69) is 0 Å². The summed E-state index contributed by atoms with van der Waals surface area (Å²) >= 11 is 0. The molecule has 0 spiro atoms. The van der Waals surface area contributed by atoms with E-state index in [1.54, 1.807) is 0 Å². The second-order valence-corrected chi connectivity index (χ2v) is 4.41. The average molecular weight is 316 g/mol. The Bertz CT molecular complexity index is 940. The topological polar surface area (TPSA) is 133 Å². The van der Waals surface area contributed by atoms with Crippen LogP contribution >= 0.6 is 0 Å². The van der Waals surface area contributed by atoms with Crippen LogP contribution in [0.3, 0.4) is 0 Å². The molecule has 1 aromatic heterocycles. The Hall–Kier alpha value is -3.60. The van der Waals surface area contributed by atoms with Gasteiger partial charge in [-0.1, -0.05) is 18.1 Å². The summed E-state index contributed by atoms with van der Waals surface area (Å²) in [6.07, 6.45) is 5.22. The molecule has 2 aromatic rings. The van der Waals surface area contributed by atoms with Gasteiger partial charge in [0.2, 0.25) is 0 Å². The first kappa shape index (κ1) is 15.8. The van der Waals surface area contributed by atoms with Crippen molar-refractivity contribution < 1.29 is 24.2 Å². The largest absolute Gasteiger partial charge is 0.478 e. The normalized spacial score (nSPS) is 10.1. The Kier molecular flexibility index (Phi) is 3.88. The molecule has 0 amide bonds. The number of terminal acetylenes is 1. The van der Waals surface area contributed by atoms with E-state index in [-0.39, 0.29) is 11.1 Å². The SMILES string of the molecule is C#Cc1c(F)cccc1-c1c(C(=O)O)c(N)[nH]c(=O)c1C(=O)O. The van der Waals surface area contributed by atoms with Gasteiger partial charge in [-0.15, -0.1) is 6.42 Å². The number of carboxylic acid groups (broad SMARTS) is 2. The highest BCUT2D eigenvalue weighted by Gasteiger charge is 2.28. The number of benzene rings is 1. The Balaban J connectivity index is 3.11. The van der Waals surface area contributed by atoms with E-state index in [0.717, 1.165) is 6.07 Å². The zero-order chi connectivity index (χ0) is 17.3. The summed E-state index contributed by atoms with van der Waals surface area (Å²) in [5, 5.41) is 18.5. The van der Waals surface area contributed by atoms with E-state index in [4.69, 9.17) is 12.2 Å². The number of anilines is 1. The predicted octanol–water partition coefficient (Wildman–Crippen LogP) is 1.14. The molecule has 0 atom stereocenters. The van der Waals surface area contributed by atoms with Gasteiger partial charge in [-0.2, -0.15) is 0 Å². The lowest BCUT2D eigenvalue weighted by atomic mass is 9.92. The number of pyridine rings is 1. The first-order chi connectivity index (χ1) is 10.8. The van der Waals surface area contributed by atoms with Crippen LogP contribution in [0.15, 0.2) is 23.0 Å². The van der Waals surface area contributed by atoms with Crippen molar-refractivity contribution >= 4 is 17.8 Å². The first-order valence-corrected chi connectivity index (χ1v) is 6.07. The Morgan fingerprint density at radius 2 is 1.83 bits per heavy atom. The second-order valence-electron chi connectivity index (χ2n) is 4.41. The van der Waals surface area contributed by atoms with Crippen molar-refractivity contribution in [1.82, 2.24) is 4.98 Å². The molecule has 0 radical (unpaired) electrons. The molecule has 7 nitrogen and oxygen atoms in total.